The average molecular weight is 178 g/mol. The minimum atomic E-state index is 0.0219. The number of pyridine rings is 1. The summed E-state index contributed by atoms with van der Waals surface area (Å²) in [4.78, 5) is 17.1. The van der Waals surface area contributed by atoms with Crippen LogP contribution in [0, 0.1) is 0 Å². The van der Waals surface area contributed by atoms with Crippen LogP contribution in [-0.2, 0) is 4.79 Å². The Morgan fingerprint density at radius 3 is 2.54 bits per heavy atom. The van der Waals surface area contributed by atoms with Gasteiger partial charge in [0.05, 0.1) is 0 Å². The van der Waals surface area contributed by atoms with E-state index in [-0.39, 0.29) is 11.9 Å². The van der Waals surface area contributed by atoms with Crippen LogP contribution in [0.15, 0.2) is 24.4 Å². The van der Waals surface area contributed by atoms with Crippen molar-refractivity contribution in [3.63, 3.8) is 0 Å². The van der Waals surface area contributed by atoms with Gasteiger partial charge in [-0.2, -0.15) is 0 Å². The predicted molar refractivity (Wildman–Crippen MR) is 52.5 cm³/mol. The number of hydrogen-bond acceptors (Lipinski definition) is 2. The third-order valence-corrected chi connectivity index (χ3v) is 1.75. The second-order valence-corrected chi connectivity index (χ2v) is 3.17. The average Bonchev–Trinajstić information content (AvgIpc) is 2.04. The second kappa shape index (κ2) is 4.03. The topological polar surface area (TPSA) is 33.2 Å². The van der Waals surface area contributed by atoms with Crippen LogP contribution >= 0.6 is 0 Å². The maximum atomic E-state index is 11.3. The van der Waals surface area contributed by atoms with Crippen molar-refractivity contribution in [1.82, 2.24) is 4.98 Å². The van der Waals surface area contributed by atoms with Crippen molar-refractivity contribution in [1.29, 1.82) is 0 Å². The fourth-order valence-electron chi connectivity index (χ4n) is 1.29. The van der Waals surface area contributed by atoms with E-state index in [1.165, 1.54) is 0 Å². The molecule has 0 saturated carbocycles. The van der Waals surface area contributed by atoms with Crippen LogP contribution in [0.4, 0.5) is 5.82 Å². The van der Waals surface area contributed by atoms with Crippen LogP contribution in [-0.4, -0.2) is 16.9 Å². The van der Waals surface area contributed by atoms with Crippen molar-refractivity contribution in [2.24, 2.45) is 0 Å². The van der Waals surface area contributed by atoms with Crippen LogP contribution in [0.5, 0.6) is 0 Å². The quantitative estimate of drug-likeness (QED) is 0.692. The number of carbonyl (C=O) groups is 1. The number of anilines is 1. The molecule has 1 aromatic rings. The number of carbonyl (C=O) groups excluding carboxylic acids is 1. The van der Waals surface area contributed by atoms with Gasteiger partial charge in [-0.1, -0.05) is 6.07 Å². The molecule has 1 amide bonds. The van der Waals surface area contributed by atoms with Gasteiger partial charge < -0.3 is 0 Å². The molecular weight excluding hydrogens is 164 g/mol. The van der Waals surface area contributed by atoms with Crippen molar-refractivity contribution in [2.75, 3.05) is 4.90 Å². The molecule has 0 spiro atoms. The lowest BCUT2D eigenvalue weighted by Crippen LogP contribution is -2.35. The molecule has 0 saturated heterocycles. The first-order valence-corrected chi connectivity index (χ1v) is 4.33. The first-order chi connectivity index (χ1) is 6.13. The maximum Gasteiger partial charge on any atom is 0.225 e. The van der Waals surface area contributed by atoms with E-state index in [4.69, 9.17) is 0 Å². The molecule has 0 atom stereocenters. The zero-order valence-corrected chi connectivity index (χ0v) is 8.19. The molecule has 13 heavy (non-hydrogen) atoms. The summed E-state index contributed by atoms with van der Waals surface area (Å²) in [5, 5.41) is 0. The highest BCUT2D eigenvalue weighted by atomic mass is 16.2. The number of hydrogen-bond donors (Lipinski definition) is 0. The van der Waals surface area contributed by atoms with Gasteiger partial charge in [-0.15, -0.1) is 0 Å². The third-order valence-electron chi connectivity index (χ3n) is 1.75. The Bertz CT molecular complexity index is 282. The van der Waals surface area contributed by atoms with Gasteiger partial charge in [-0.3, -0.25) is 9.69 Å². The molecule has 0 aliphatic rings. The number of amides is 1. The molecule has 70 valence electrons. The Hall–Kier alpha value is -1.38. The fourth-order valence-corrected chi connectivity index (χ4v) is 1.29. The smallest absolute Gasteiger partial charge is 0.225 e. The summed E-state index contributed by atoms with van der Waals surface area (Å²) in [6.07, 6.45) is 1.69. The molecule has 0 radical (unpaired) electrons. The summed E-state index contributed by atoms with van der Waals surface area (Å²) in [5.41, 5.74) is 0. The van der Waals surface area contributed by atoms with Crippen LogP contribution in [0.1, 0.15) is 20.8 Å². The Kier molecular flexibility index (Phi) is 3.01. The van der Waals surface area contributed by atoms with E-state index in [9.17, 15) is 4.79 Å². The maximum absolute atomic E-state index is 11.3. The lowest BCUT2D eigenvalue weighted by atomic mass is 10.3. The zero-order chi connectivity index (χ0) is 9.84. The van der Waals surface area contributed by atoms with Crippen molar-refractivity contribution in [2.45, 2.75) is 26.8 Å². The Morgan fingerprint density at radius 2 is 2.15 bits per heavy atom. The molecule has 0 bridgehead atoms. The Labute approximate surface area is 78.4 Å². The van der Waals surface area contributed by atoms with Gasteiger partial charge in [0.15, 0.2) is 0 Å². The van der Waals surface area contributed by atoms with Gasteiger partial charge in [0.2, 0.25) is 5.91 Å². The molecule has 1 rings (SSSR count). The highest BCUT2D eigenvalue weighted by molar-refractivity contribution is 5.90. The van der Waals surface area contributed by atoms with E-state index in [1.807, 2.05) is 32.0 Å². The van der Waals surface area contributed by atoms with Crippen LogP contribution in [0.3, 0.4) is 0 Å². The lowest BCUT2D eigenvalue weighted by molar-refractivity contribution is -0.116. The van der Waals surface area contributed by atoms with Gasteiger partial charge in [0, 0.05) is 19.2 Å². The molecular formula is C10H14N2O. The fraction of sp³-hybridized carbons (Fsp3) is 0.400. The van der Waals surface area contributed by atoms with Gasteiger partial charge in [-0.05, 0) is 26.0 Å². The monoisotopic (exact) mass is 178 g/mol. The summed E-state index contributed by atoms with van der Waals surface area (Å²) >= 11 is 0. The number of aromatic nitrogens is 1. The molecule has 0 aromatic carbocycles. The van der Waals surface area contributed by atoms with Crippen molar-refractivity contribution in [3.05, 3.63) is 24.4 Å². The van der Waals surface area contributed by atoms with E-state index in [2.05, 4.69) is 4.98 Å². The minimum Gasteiger partial charge on any atom is -0.295 e. The Morgan fingerprint density at radius 1 is 1.46 bits per heavy atom. The standard InChI is InChI=1S/C10H14N2O/c1-8(2)12(9(3)13)10-6-4-5-7-11-10/h4-8H,1-3H3. The van der Waals surface area contributed by atoms with Crippen molar-refractivity contribution >= 4 is 11.7 Å². The van der Waals surface area contributed by atoms with Crippen molar-refractivity contribution in [3.8, 4) is 0 Å². The van der Waals surface area contributed by atoms with Gasteiger partial charge in [0.1, 0.15) is 5.82 Å². The van der Waals surface area contributed by atoms with Crippen LogP contribution < -0.4 is 4.90 Å². The summed E-state index contributed by atoms with van der Waals surface area (Å²) < 4.78 is 0. The molecule has 1 aromatic heterocycles. The second-order valence-electron chi connectivity index (χ2n) is 3.17. The molecule has 3 nitrogen and oxygen atoms in total. The molecule has 0 fully saturated rings. The third kappa shape index (κ3) is 2.28. The summed E-state index contributed by atoms with van der Waals surface area (Å²) in [7, 11) is 0. The minimum absolute atomic E-state index is 0.0219. The molecule has 3 heteroatoms. The van der Waals surface area contributed by atoms with E-state index in [0.29, 0.717) is 5.82 Å². The largest absolute Gasteiger partial charge is 0.295 e. The molecule has 0 unspecified atom stereocenters. The van der Waals surface area contributed by atoms with Gasteiger partial charge in [0.25, 0.3) is 0 Å². The SMILES string of the molecule is CC(=O)N(c1ccccn1)C(C)C. The molecule has 0 aliphatic carbocycles. The van der Waals surface area contributed by atoms with Crippen LogP contribution in [0.25, 0.3) is 0 Å². The zero-order valence-electron chi connectivity index (χ0n) is 8.19. The van der Waals surface area contributed by atoms with E-state index >= 15 is 0 Å². The normalized spacial score (nSPS) is 10.2. The molecule has 1 heterocycles. The number of nitrogens with zero attached hydrogens (tertiary/aromatic N) is 2. The highest BCUT2D eigenvalue weighted by Gasteiger charge is 2.15. The van der Waals surface area contributed by atoms with E-state index < -0.39 is 0 Å². The van der Waals surface area contributed by atoms with Gasteiger partial charge >= 0.3 is 0 Å². The first-order valence-electron chi connectivity index (χ1n) is 4.33. The van der Waals surface area contributed by atoms with Crippen LogP contribution in [0.2, 0.25) is 0 Å². The Balaban J connectivity index is 2.96. The van der Waals surface area contributed by atoms with E-state index in [1.54, 1.807) is 18.0 Å². The van der Waals surface area contributed by atoms with Crippen molar-refractivity contribution < 1.29 is 4.79 Å². The first kappa shape index (κ1) is 9.71. The highest BCUT2D eigenvalue weighted by Crippen LogP contribution is 2.12. The summed E-state index contributed by atoms with van der Waals surface area (Å²) in [6, 6.07) is 5.69. The predicted octanol–water partition coefficient (Wildman–Crippen LogP) is 1.84. The molecule has 0 aliphatic heterocycles. The lowest BCUT2D eigenvalue weighted by Gasteiger charge is -2.23. The van der Waals surface area contributed by atoms with Gasteiger partial charge in [-0.25, -0.2) is 4.98 Å². The summed E-state index contributed by atoms with van der Waals surface area (Å²) in [6.45, 7) is 5.49. The molecule has 0 N–H and O–H groups in total. The number of rotatable bonds is 2. The summed E-state index contributed by atoms with van der Waals surface area (Å²) in [5.74, 6) is 0.735. The van der Waals surface area contributed by atoms with E-state index in [0.717, 1.165) is 0 Å².